The lowest BCUT2D eigenvalue weighted by Gasteiger charge is -2.22. The van der Waals surface area contributed by atoms with E-state index < -0.39 is 11.6 Å². The van der Waals surface area contributed by atoms with Gasteiger partial charge in [-0.1, -0.05) is 18.2 Å². The number of esters is 1. The highest BCUT2D eigenvalue weighted by Crippen LogP contribution is 2.31. The Labute approximate surface area is 220 Å². The van der Waals surface area contributed by atoms with Crippen molar-refractivity contribution in [2.24, 2.45) is 7.05 Å². The van der Waals surface area contributed by atoms with Crippen molar-refractivity contribution in [2.75, 3.05) is 5.32 Å². The molecule has 5 rings (SSSR count). The highest BCUT2D eigenvalue weighted by atomic mass is 16.6. The van der Waals surface area contributed by atoms with Crippen molar-refractivity contribution < 1.29 is 13.9 Å². The van der Waals surface area contributed by atoms with Gasteiger partial charge in [0.25, 0.3) is 0 Å². The van der Waals surface area contributed by atoms with Crippen molar-refractivity contribution in [1.29, 1.82) is 0 Å². The number of pyridine rings is 1. The summed E-state index contributed by atoms with van der Waals surface area (Å²) in [7, 11) is 1.83. The molecule has 2 aromatic carbocycles. The second kappa shape index (κ2) is 9.45. The maximum Gasteiger partial charge on any atom is 0.340 e. The second-order valence-electron chi connectivity index (χ2n) is 10.5. The van der Waals surface area contributed by atoms with E-state index in [1.165, 1.54) is 6.07 Å². The molecule has 0 spiro atoms. The fourth-order valence-corrected chi connectivity index (χ4v) is 4.47. The van der Waals surface area contributed by atoms with E-state index in [2.05, 4.69) is 15.4 Å². The summed E-state index contributed by atoms with van der Waals surface area (Å²) >= 11 is 0. The van der Waals surface area contributed by atoms with Crippen LogP contribution in [-0.2, 0) is 11.8 Å². The molecule has 1 unspecified atom stereocenters. The SMILES string of the molecule is Cc1cc(C(C)Nc2ccccc2C(=O)OC(C)(C)C)c2oc(-c3ccc4nn(C)cc4n3)cc(=O)c2c1. The molecule has 194 valence electrons. The lowest BCUT2D eigenvalue weighted by molar-refractivity contribution is 0.00706. The van der Waals surface area contributed by atoms with Gasteiger partial charge in [0.05, 0.1) is 23.2 Å². The van der Waals surface area contributed by atoms with Gasteiger partial charge in [-0.2, -0.15) is 5.10 Å². The number of fused-ring (bicyclic) bond motifs is 2. The number of hydrogen-bond donors (Lipinski definition) is 1. The molecule has 5 aromatic rings. The fraction of sp³-hybridized carbons (Fsp3) is 0.267. The molecule has 0 aliphatic heterocycles. The van der Waals surface area contributed by atoms with E-state index in [0.717, 1.165) is 16.6 Å². The van der Waals surface area contributed by atoms with Gasteiger partial charge in [-0.15, -0.1) is 0 Å². The minimum Gasteiger partial charge on any atom is -0.456 e. The van der Waals surface area contributed by atoms with Gasteiger partial charge < -0.3 is 14.5 Å². The summed E-state index contributed by atoms with van der Waals surface area (Å²) in [6.45, 7) is 9.41. The Hall–Kier alpha value is -4.46. The molecule has 8 nitrogen and oxygen atoms in total. The smallest absolute Gasteiger partial charge is 0.340 e. The lowest BCUT2D eigenvalue weighted by Crippen LogP contribution is -2.24. The zero-order valence-electron chi connectivity index (χ0n) is 22.3. The summed E-state index contributed by atoms with van der Waals surface area (Å²) in [5.74, 6) is -0.0349. The largest absolute Gasteiger partial charge is 0.456 e. The first-order valence-electron chi connectivity index (χ1n) is 12.5. The third-order valence-corrected chi connectivity index (χ3v) is 6.12. The molecular formula is C30H30N4O4. The maximum atomic E-state index is 13.2. The van der Waals surface area contributed by atoms with Crippen LogP contribution in [0.1, 0.15) is 55.2 Å². The highest BCUT2D eigenvalue weighted by molar-refractivity contribution is 5.96. The normalized spacial score (nSPS) is 12.6. The molecule has 1 atom stereocenters. The number of benzene rings is 2. The third-order valence-electron chi connectivity index (χ3n) is 6.12. The van der Waals surface area contributed by atoms with Crippen LogP contribution >= 0.6 is 0 Å². The number of rotatable bonds is 5. The van der Waals surface area contributed by atoms with Crippen LogP contribution < -0.4 is 10.7 Å². The zero-order valence-corrected chi connectivity index (χ0v) is 22.3. The Balaban J connectivity index is 1.57. The van der Waals surface area contributed by atoms with Crippen molar-refractivity contribution in [3.8, 4) is 11.5 Å². The van der Waals surface area contributed by atoms with Crippen LogP contribution in [-0.4, -0.2) is 26.3 Å². The van der Waals surface area contributed by atoms with Gasteiger partial charge in [0, 0.05) is 24.4 Å². The van der Waals surface area contributed by atoms with Gasteiger partial charge in [-0.05, 0) is 70.5 Å². The molecule has 0 saturated heterocycles. The van der Waals surface area contributed by atoms with Crippen LogP contribution in [0.4, 0.5) is 5.69 Å². The van der Waals surface area contributed by atoms with Crippen molar-refractivity contribution >= 4 is 33.7 Å². The van der Waals surface area contributed by atoms with E-state index in [9.17, 15) is 9.59 Å². The second-order valence-corrected chi connectivity index (χ2v) is 10.5. The van der Waals surface area contributed by atoms with Crippen LogP contribution in [0.2, 0.25) is 0 Å². The van der Waals surface area contributed by atoms with Crippen LogP contribution in [0.3, 0.4) is 0 Å². The van der Waals surface area contributed by atoms with E-state index >= 15 is 0 Å². The number of nitrogens with zero attached hydrogens (tertiary/aromatic N) is 3. The Bertz CT molecular complexity index is 1740. The predicted octanol–water partition coefficient (Wildman–Crippen LogP) is 6.18. The van der Waals surface area contributed by atoms with Gasteiger partial charge in [-0.3, -0.25) is 9.48 Å². The maximum absolute atomic E-state index is 13.2. The molecule has 0 saturated carbocycles. The summed E-state index contributed by atoms with van der Waals surface area (Å²) in [5.41, 5.74) is 4.51. The number of aryl methyl sites for hydroxylation is 2. The molecule has 0 fully saturated rings. The van der Waals surface area contributed by atoms with Crippen molar-refractivity contribution in [2.45, 2.75) is 46.3 Å². The molecule has 0 amide bonds. The van der Waals surface area contributed by atoms with Crippen molar-refractivity contribution in [1.82, 2.24) is 14.8 Å². The Morgan fingerprint density at radius 1 is 1.08 bits per heavy atom. The van der Waals surface area contributed by atoms with Crippen LogP contribution in [0, 0.1) is 6.92 Å². The average Bonchev–Trinajstić information content (AvgIpc) is 3.22. The van der Waals surface area contributed by atoms with Crippen molar-refractivity contribution in [3.05, 3.63) is 87.7 Å². The van der Waals surface area contributed by atoms with Crippen LogP contribution in [0.15, 0.2) is 70.0 Å². The highest BCUT2D eigenvalue weighted by Gasteiger charge is 2.22. The number of nitrogens with one attached hydrogen (secondary N) is 1. The van der Waals surface area contributed by atoms with E-state index in [0.29, 0.717) is 39.2 Å². The van der Waals surface area contributed by atoms with Gasteiger partial charge >= 0.3 is 5.97 Å². The molecule has 8 heteroatoms. The number of ether oxygens (including phenoxy) is 1. The molecule has 3 heterocycles. The average molecular weight is 511 g/mol. The standard InChI is InChI=1S/C30H30N4O4/c1-17-13-20(18(2)31-22-10-8-7-9-19(22)29(36)38-30(3,4)5)28-21(14-17)26(35)15-27(37-28)24-12-11-23-25(32-24)16-34(6)33-23/h7-16,18,31H,1-6H3. The Morgan fingerprint density at radius 3 is 2.61 bits per heavy atom. The van der Waals surface area contributed by atoms with Gasteiger partial charge in [-0.25, -0.2) is 9.78 Å². The number of para-hydroxylation sites is 1. The number of hydrogen-bond acceptors (Lipinski definition) is 7. The van der Waals surface area contributed by atoms with Gasteiger partial charge in [0.2, 0.25) is 0 Å². The minimum atomic E-state index is -0.616. The summed E-state index contributed by atoms with van der Waals surface area (Å²) in [4.78, 5) is 30.7. The number of aromatic nitrogens is 3. The Morgan fingerprint density at radius 2 is 1.84 bits per heavy atom. The minimum absolute atomic E-state index is 0.152. The lowest BCUT2D eigenvalue weighted by atomic mass is 10.0. The summed E-state index contributed by atoms with van der Waals surface area (Å²) < 4.78 is 13.6. The zero-order chi connectivity index (χ0) is 27.2. The van der Waals surface area contributed by atoms with Crippen LogP contribution in [0.5, 0.6) is 0 Å². The molecule has 0 bridgehead atoms. The molecule has 1 N–H and O–H groups in total. The summed E-state index contributed by atoms with van der Waals surface area (Å²) in [5, 5.41) is 8.28. The molecule has 0 aliphatic carbocycles. The van der Waals surface area contributed by atoms with E-state index in [-0.39, 0.29) is 11.5 Å². The molecular weight excluding hydrogens is 480 g/mol. The summed E-state index contributed by atoms with van der Waals surface area (Å²) in [6, 6.07) is 15.9. The predicted molar refractivity (Wildman–Crippen MR) is 148 cm³/mol. The quantitative estimate of drug-likeness (QED) is 0.282. The first kappa shape index (κ1) is 25.2. The van der Waals surface area contributed by atoms with Gasteiger partial charge in [0.15, 0.2) is 11.2 Å². The molecule has 0 radical (unpaired) electrons. The number of carbonyl (C=O) groups excluding carboxylic acids is 1. The third kappa shape index (κ3) is 5.02. The molecule has 38 heavy (non-hydrogen) atoms. The summed E-state index contributed by atoms with van der Waals surface area (Å²) in [6.07, 6.45) is 1.82. The van der Waals surface area contributed by atoms with Crippen molar-refractivity contribution in [3.63, 3.8) is 0 Å². The first-order chi connectivity index (χ1) is 18.0. The molecule has 0 aliphatic rings. The first-order valence-corrected chi connectivity index (χ1v) is 12.5. The van der Waals surface area contributed by atoms with E-state index in [1.807, 2.05) is 78.2 Å². The monoisotopic (exact) mass is 510 g/mol. The Kier molecular flexibility index (Phi) is 6.26. The van der Waals surface area contributed by atoms with E-state index in [1.54, 1.807) is 22.9 Å². The fourth-order valence-electron chi connectivity index (χ4n) is 4.47. The van der Waals surface area contributed by atoms with Crippen LogP contribution in [0.25, 0.3) is 33.5 Å². The van der Waals surface area contributed by atoms with Gasteiger partial charge in [0.1, 0.15) is 27.9 Å². The number of carbonyl (C=O) groups is 1. The topological polar surface area (TPSA) is 99.2 Å². The molecule has 3 aromatic heterocycles. The number of anilines is 1. The van der Waals surface area contributed by atoms with E-state index in [4.69, 9.17) is 9.15 Å².